The highest BCUT2D eigenvalue weighted by molar-refractivity contribution is 6.20. The summed E-state index contributed by atoms with van der Waals surface area (Å²) in [4.78, 5) is 27.2. The van der Waals surface area contributed by atoms with Crippen LogP contribution in [0.5, 0.6) is 0 Å². The van der Waals surface area contributed by atoms with Crippen LogP contribution >= 0.6 is 0 Å². The number of allylic oxidation sites excluding steroid dienone is 1. The van der Waals surface area contributed by atoms with Crippen molar-refractivity contribution in [3.05, 3.63) is 125 Å². The van der Waals surface area contributed by atoms with Crippen LogP contribution in [0.3, 0.4) is 0 Å². The highest BCUT2D eigenvalue weighted by Gasteiger charge is 2.55. The second kappa shape index (κ2) is 7.86. The maximum Gasteiger partial charge on any atom is 0.158 e. The van der Waals surface area contributed by atoms with Crippen LogP contribution in [-0.4, -0.2) is 11.6 Å². The fraction of sp³-hybridized carbons (Fsp3) is 0.133. The second-order valence-electron chi connectivity index (χ2n) is 8.45. The van der Waals surface area contributed by atoms with E-state index in [2.05, 4.69) is 0 Å². The molecule has 1 aromatic heterocycles. The molecule has 0 N–H and O–H groups in total. The summed E-state index contributed by atoms with van der Waals surface area (Å²) in [5.74, 6) is 1.10. The smallest absolute Gasteiger partial charge is 0.158 e. The molecule has 0 unspecified atom stereocenters. The molecule has 1 atom stereocenters. The van der Waals surface area contributed by atoms with Gasteiger partial charge in [0.2, 0.25) is 0 Å². The molecule has 1 aliphatic rings. The molecule has 0 amide bonds. The molecule has 0 spiro atoms. The van der Waals surface area contributed by atoms with Crippen LogP contribution in [0.4, 0.5) is 0 Å². The average Bonchev–Trinajstić information content (AvgIpc) is 3.35. The van der Waals surface area contributed by atoms with Crippen LogP contribution in [0.15, 0.2) is 101 Å². The Morgan fingerprint density at radius 3 is 1.76 bits per heavy atom. The topological polar surface area (TPSA) is 47.3 Å². The molecule has 0 fully saturated rings. The first-order chi connectivity index (χ1) is 16.0. The number of Topliss-reactive ketones (excluding diaryl/α,β-unsaturated/α-hetero) is 2. The predicted octanol–water partition coefficient (Wildman–Crippen LogP) is 6.53. The van der Waals surface area contributed by atoms with Gasteiger partial charge in [-0.2, -0.15) is 0 Å². The summed E-state index contributed by atoms with van der Waals surface area (Å²) in [5.41, 5.74) is 4.17. The van der Waals surface area contributed by atoms with E-state index < -0.39 is 5.41 Å². The number of hydrogen-bond acceptors (Lipinski definition) is 3. The van der Waals surface area contributed by atoms with Crippen LogP contribution in [0.2, 0.25) is 0 Å². The Bertz CT molecular complexity index is 1390. The Labute approximate surface area is 193 Å². The number of benzene rings is 3. The van der Waals surface area contributed by atoms with E-state index in [0.717, 1.165) is 33.4 Å². The predicted molar refractivity (Wildman–Crippen MR) is 130 cm³/mol. The first-order valence-corrected chi connectivity index (χ1v) is 11.0. The van der Waals surface area contributed by atoms with Crippen molar-refractivity contribution >= 4 is 17.1 Å². The van der Waals surface area contributed by atoms with E-state index >= 15 is 0 Å². The summed E-state index contributed by atoms with van der Waals surface area (Å²) in [7, 11) is 0. The van der Waals surface area contributed by atoms with E-state index in [1.165, 1.54) is 0 Å². The first-order valence-electron chi connectivity index (χ1n) is 11.0. The van der Waals surface area contributed by atoms with Gasteiger partial charge in [-0.25, -0.2) is 0 Å². The molecular weight excluding hydrogens is 408 g/mol. The highest BCUT2D eigenvalue weighted by atomic mass is 16.3. The molecule has 0 bridgehead atoms. The molecule has 0 saturated carbocycles. The van der Waals surface area contributed by atoms with Gasteiger partial charge in [0.15, 0.2) is 5.78 Å². The summed E-state index contributed by atoms with van der Waals surface area (Å²) in [6.45, 7) is 5.04. The zero-order valence-corrected chi connectivity index (χ0v) is 18.9. The molecule has 0 saturated heterocycles. The lowest BCUT2D eigenvalue weighted by molar-refractivity contribution is -0.122. The number of rotatable bonds is 5. The monoisotopic (exact) mass is 432 g/mol. The van der Waals surface area contributed by atoms with Gasteiger partial charge in [-0.05, 0) is 31.9 Å². The number of carbonyl (C=O) groups is 2. The Hall–Kier alpha value is -3.98. The molecule has 3 aromatic carbocycles. The standard InChI is InChI=1S/C30H24O3/c1-19(31)27-26(22-13-7-4-8-14-22)25-20(2)33-29(23-15-9-5-10-16-23)28(25)30(27,21(3)32)24-17-11-6-12-18-24/h4-18H,1-3H3/t30-/m0/s1. The molecular formula is C30H24O3. The van der Waals surface area contributed by atoms with E-state index in [0.29, 0.717) is 17.1 Å². The maximum absolute atomic E-state index is 13.8. The number of ketones is 2. The van der Waals surface area contributed by atoms with Crippen molar-refractivity contribution < 1.29 is 14.0 Å². The third-order valence-corrected chi connectivity index (χ3v) is 6.52. The van der Waals surface area contributed by atoms with Crippen LogP contribution in [0.25, 0.3) is 16.9 Å². The van der Waals surface area contributed by atoms with Crippen LogP contribution in [0.1, 0.15) is 41.9 Å². The van der Waals surface area contributed by atoms with Gasteiger partial charge in [0, 0.05) is 27.8 Å². The normalized spacial score (nSPS) is 17.2. The van der Waals surface area contributed by atoms with Crippen molar-refractivity contribution in [3.63, 3.8) is 0 Å². The maximum atomic E-state index is 13.8. The number of aryl methyl sites for hydroxylation is 1. The van der Waals surface area contributed by atoms with Gasteiger partial charge in [-0.1, -0.05) is 91.0 Å². The first kappa shape index (κ1) is 20.9. The minimum atomic E-state index is -1.25. The van der Waals surface area contributed by atoms with E-state index in [4.69, 9.17) is 4.42 Å². The van der Waals surface area contributed by atoms with Gasteiger partial charge < -0.3 is 4.42 Å². The number of fused-ring (bicyclic) bond motifs is 1. The van der Waals surface area contributed by atoms with Gasteiger partial charge in [0.1, 0.15) is 22.7 Å². The zero-order chi connectivity index (χ0) is 23.2. The number of furan rings is 1. The second-order valence-corrected chi connectivity index (χ2v) is 8.45. The van der Waals surface area contributed by atoms with Gasteiger partial charge in [0.25, 0.3) is 0 Å². The Balaban J connectivity index is 2.01. The molecule has 33 heavy (non-hydrogen) atoms. The summed E-state index contributed by atoms with van der Waals surface area (Å²) >= 11 is 0. The molecule has 162 valence electrons. The SMILES string of the molecule is CC(=O)C1=C(c2ccccc2)c2c(C)oc(-c3ccccc3)c2[C@@]1(C(C)=O)c1ccccc1. The third kappa shape index (κ3) is 2.96. The van der Waals surface area contributed by atoms with Gasteiger partial charge in [-0.3, -0.25) is 9.59 Å². The molecule has 0 aliphatic heterocycles. The van der Waals surface area contributed by atoms with Crippen LogP contribution in [0, 0.1) is 6.92 Å². The Morgan fingerprint density at radius 2 is 1.24 bits per heavy atom. The molecule has 4 aromatic rings. The van der Waals surface area contributed by atoms with Gasteiger partial charge >= 0.3 is 0 Å². The quantitative estimate of drug-likeness (QED) is 0.360. The van der Waals surface area contributed by atoms with E-state index in [-0.39, 0.29) is 11.6 Å². The Kier molecular flexibility index (Phi) is 4.98. The lowest BCUT2D eigenvalue weighted by atomic mass is 9.67. The minimum Gasteiger partial charge on any atom is -0.460 e. The summed E-state index contributed by atoms with van der Waals surface area (Å²) in [6, 6.07) is 29.2. The zero-order valence-electron chi connectivity index (χ0n) is 18.9. The van der Waals surface area contributed by atoms with Crippen molar-refractivity contribution in [2.45, 2.75) is 26.2 Å². The van der Waals surface area contributed by atoms with Crippen LogP contribution < -0.4 is 0 Å². The van der Waals surface area contributed by atoms with Gasteiger partial charge in [-0.15, -0.1) is 0 Å². The molecule has 3 heteroatoms. The number of carbonyl (C=O) groups excluding carboxylic acids is 2. The minimum absolute atomic E-state index is 0.107. The lowest BCUT2D eigenvalue weighted by Gasteiger charge is -2.31. The lowest BCUT2D eigenvalue weighted by Crippen LogP contribution is -2.38. The molecule has 5 rings (SSSR count). The van der Waals surface area contributed by atoms with Crippen molar-refractivity contribution in [1.29, 1.82) is 0 Å². The fourth-order valence-corrected chi connectivity index (χ4v) is 5.30. The van der Waals surface area contributed by atoms with E-state index in [1.807, 2.05) is 97.9 Å². The number of hydrogen-bond donors (Lipinski definition) is 0. The van der Waals surface area contributed by atoms with Crippen molar-refractivity contribution in [2.75, 3.05) is 0 Å². The average molecular weight is 433 g/mol. The molecule has 3 nitrogen and oxygen atoms in total. The van der Waals surface area contributed by atoms with Crippen molar-refractivity contribution in [1.82, 2.24) is 0 Å². The summed E-state index contributed by atoms with van der Waals surface area (Å²) in [6.07, 6.45) is 0. The fourth-order valence-electron chi connectivity index (χ4n) is 5.30. The summed E-state index contributed by atoms with van der Waals surface area (Å²) < 4.78 is 6.38. The van der Waals surface area contributed by atoms with Crippen molar-refractivity contribution in [2.24, 2.45) is 0 Å². The van der Waals surface area contributed by atoms with Crippen LogP contribution in [-0.2, 0) is 15.0 Å². The summed E-state index contributed by atoms with van der Waals surface area (Å²) in [5, 5.41) is 0. The largest absolute Gasteiger partial charge is 0.460 e. The van der Waals surface area contributed by atoms with E-state index in [1.54, 1.807) is 13.8 Å². The van der Waals surface area contributed by atoms with Crippen molar-refractivity contribution in [3.8, 4) is 11.3 Å². The molecule has 1 heterocycles. The highest BCUT2D eigenvalue weighted by Crippen LogP contribution is 2.58. The Morgan fingerprint density at radius 1 is 0.727 bits per heavy atom. The molecule has 0 radical (unpaired) electrons. The third-order valence-electron chi connectivity index (χ3n) is 6.52. The van der Waals surface area contributed by atoms with E-state index in [9.17, 15) is 9.59 Å². The molecule has 1 aliphatic carbocycles. The van der Waals surface area contributed by atoms with Gasteiger partial charge in [0.05, 0.1) is 0 Å².